The highest BCUT2D eigenvalue weighted by atomic mass is 35.5. The number of thiophene rings is 1. The molecule has 1 atom stereocenters. The standard InChI is InChI=1S/C16H23ClN2O2S/c1-6-9-19(10-12-7-8-13(17)22-12)14(20)11(2)18-15(21)16(3,4)5/h6-8,11H,1,9-10H2,2-5H3,(H,18,21). The van der Waals surface area contributed by atoms with Crippen LogP contribution in [0.1, 0.15) is 32.6 Å². The van der Waals surface area contributed by atoms with Crippen LogP contribution in [0.15, 0.2) is 24.8 Å². The Morgan fingerprint density at radius 1 is 1.45 bits per heavy atom. The predicted octanol–water partition coefficient (Wildman–Crippen LogP) is 3.47. The largest absolute Gasteiger partial charge is 0.344 e. The van der Waals surface area contributed by atoms with Crippen molar-refractivity contribution in [1.82, 2.24) is 10.2 Å². The number of halogens is 1. The van der Waals surface area contributed by atoms with Crippen molar-refractivity contribution in [3.63, 3.8) is 0 Å². The summed E-state index contributed by atoms with van der Waals surface area (Å²) in [7, 11) is 0. The Kier molecular flexibility index (Phi) is 6.63. The zero-order valence-electron chi connectivity index (χ0n) is 13.5. The molecule has 0 aliphatic carbocycles. The fourth-order valence-corrected chi connectivity index (χ4v) is 2.87. The normalized spacial score (nSPS) is 12.6. The topological polar surface area (TPSA) is 49.4 Å². The minimum atomic E-state index is -0.581. The van der Waals surface area contributed by atoms with Crippen LogP contribution >= 0.6 is 22.9 Å². The molecule has 122 valence electrons. The van der Waals surface area contributed by atoms with Crippen molar-refractivity contribution in [3.8, 4) is 0 Å². The van der Waals surface area contributed by atoms with Crippen LogP contribution in [0.4, 0.5) is 0 Å². The highest BCUT2D eigenvalue weighted by molar-refractivity contribution is 7.16. The molecule has 1 N–H and O–H groups in total. The molecule has 0 aliphatic heterocycles. The molecule has 0 bridgehead atoms. The van der Waals surface area contributed by atoms with Gasteiger partial charge < -0.3 is 10.2 Å². The Labute approximate surface area is 141 Å². The van der Waals surface area contributed by atoms with Crippen LogP contribution in [0.25, 0.3) is 0 Å². The van der Waals surface area contributed by atoms with E-state index in [-0.39, 0.29) is 11.8 Å². The van der Waals surface area contributed by atoms with E-state index < -0.39 is 11.5 Å². The maximum atomic E-state index is 12.5. The lowest BCUT2D eigenvalue weighted by atomic mass is 9.95. The fraction of sp³-hybridized carbons (Fsp3) is 0.500. The van der Waals surface area contributed by atoms with Gasteiger partial charge in [0.15, 0.2) is 0 Å². The number of carbonyl (C=O) groups excluding carboxylic acids is 2. The van der Waals surface area contributed by atoms with E-state index in [9.17, 15) is 9.59 Å². The molecule has 6 heteroatoms. The molecular formula is C16H23ClN2O2S. The number of hydrogen-bond donors (Lipinski definition) is 1. The second-order valence-corrected chi connectivity index (χ2v) is 7.96. The summed E-state index contributed by atoms with van der Waals surface area (Å²) in [6, 6.07) is 3.12. The quantitative estimate of drug-likeness (QED) is 0.805. The molecule has 0 radical (unpaired) electrons. The fourth-order valence-electron chi connectivity index (χ4n) is 1.76. The molecule has 1 heterocycles. The Bertz CT molecular complexity index is 549. The zero-order chi connectivity index (χ0) is 16.9. The first-order valence-corrected chi connectivity index (χ1v) is 8.29. The molecular weight excluding hydrogens is 320 g/mol. The first kappa shape index (κ1) is 18.7. The summed E-state index contributed by atoms with van der Waals surface area (Å²) in [5.74, 6) is -0.284. The Morgan fingerprint density at radius 2 is 2.09 bits per heavy atom. The van der Waals surface area contributed by atoms with E-state index in [0.717, 1.165) is 4.88 Å². The van der Waals surface area contributed by atoms with Gasteiger partial charge in [-0.2, -0.15) is 0 Å². The third kappa shape index (κ3) is 5.46. The van der Waals surface area contributed by atoms with Crippen molar-refractivity contribution < 1.29 is 9.59 Å². The minimum absolute atomic E-state index is 0.137. The van der Waals surface area contributed by atoms with E-state index in [4.69, 9.17) is 11.6 Å². The molecule has 0 aliphatic rings. The molecule has 0 aromatic carbocycles. The number of nitrogens with zero attached hydrogens (tertiary/aromatic N) is 1. The molecule has 1 rings (SSSR count). The number of carbonyl (C=O) groups is 2. The van der Waals surface area contributed by atoms with Crippen LogP contribution in [0.2, 0.25) is 4.34 Å². The van der Waals surface area contributed by atoms with Gasteiger partial charge in [-0.15, -0.1) is 17.9 Å². The number of nitrogens with one attached hydrogen (secondary N) is 1. The van der Waals surface area contributed by atoms with Gasteiger partial charge in [0.1, 0.15) is 6.04 Å². The molecule has 0 spiro atoms. The summed E-state index contributed by atoms with van der Waals surface area (Å²) in [6.45, 7) is 11.7. The maximum Gasteiger partial charge on any atom is 0.245 e. The number of rotatable bonds is 6. The molecule has 4 nitrogen and oxygen atoms in total. The maximum absolute atomic E-state index is 12.5. The summed E-state index contributed by atoms with van der Waals surface area (Å²) in [6.07, 6.45) is 1.67. The second-order valence-electron chi connectivity index (χ2n) is 6.16. The van der Waals surface area contributed by atoms with E-state index in [1.807, 2.05) is 32.9 Å². The highest BCUT2D eigenvalue weighted by Crippen LogP contribution is 2.23. The summed E-state index contributed by atoms with van der Waals surface area (Å²) in [5.41, 5.74) is -0.529. The van der Waals surface area contributed by atoms with Gasteiger partial charge in [-0.25, -0.2) is 0 Å². The molecule has 2 amide bonds. The highest BCUT2D eigenvalue weighted by Gasteiger charge is 2.27. The van der Waals surface area contributed by atoms with Crippen LogP contribution in [0.3, 0.4) is 0 Å². The molecule has 0 fully saturated rings. The summed E-state index contributed by atoms with van der Waals surface area (Å²) in [4.78, 5) is 27.2. The molecule has 0 saturated heterocycles. The van der Waals surface area contributed by atoms with Crippen molar-refractivity contribution in [1.29, 1.82) is 0 Å². The van der Waals surface area contributed by atoms with E-state index in [2.05, 4.69) is 11.9 Å². The van der Waals surface area contributed by atoms with Gasteiger partial charge in [-0.3, -0.25) is 9.59 Å². The van der Waals surface area contributed by atoms with Gasteiger partial charge in [-0.05, 0) is 19.1 Å². The van der Waals surface area contributed by atoms with Crippen molar-refractivity contribution in [2.45, 2.75) is 40.3 Å². The molecule has 1 unspecified atom stereocenters. The van der Waals surface area contributed by atoms with Gasteiger partial charge in [0.25, 0.3) is 0 Å². The van der Waals surface area contributed by atoms with Gasteiger partial charge >= 0.3 is 0 Å². The lowest BCUT2D eigenvalue weighted by Gasteiger charge is -2.27. The monoisotopic (exact) mass is 342 g/mol. The number of amides is 2. The van der Waals surface area contributed by atoms with E-state index in [1.165, 1.54) is 11.3 Å². The number of hydrogen-bond acceptors (Lipinski definition) is 3. The predicted molar refractivity (Wildman–Crippen MR) is 92.0 cm³/mol. The summed E-state index contributed by atoms with van der Waals surface area (Å²) in [5, 5.41) is 2.76. The van der Waals surface area contributed by atoms with Gasteiger partial charge in [0.2, 0.25) is 11.8 Å². The summed E-state index contributed by atoms with van der Waals surface area (Å²) >= 11 is 7.36. The van der Waals surface area contributed by atoms with Crippen LogP contribution in [0, 0.1) is 5.41 Å². The van der Waals surface area contributed by atoms with E-state index in [0.29, 0.717) is 17.4 Å². The lowest BCUT2D eigenvalue weighted by Crippen LogP contribution is -2.49. The van der Waals surface area contributed by atoms with Crippen LogP contribution < -0.4 is 5.32 Å². The third-order valence-corrected chi connectivity index (χ3v) is 4.25. The Hall–Kier alpha value is -1.33. The van der Waals surface area contributed by atoms with Crippen molar-refractivity contribution >= 4 is 34.8 Å². The Morgan fingerprint density at radius 3 is 2.55 bits per heavy atom. The average Bonchev–Trinajstić information content (AvgIpc) is 2.81. The van der Waals surface area contributed by atoms with Crippen LogP contribution in [-0.2, 0) is 16.1 Å². The first-order chi connectivity index (χ1) is 10.1. The minimum Gasteiger partial charge on any atom is -0.344 e. The zero-order valence-corrected chi connectivity index (χ0v) is 15.1. The van der Waals surface area contributed by atoms with Crippen molar-refractivity contribution in [2.24, 2.45) is 5.41 Å². The van der Waals surface area contributed by atoms with Gasteiger partial charge in [0.05, 0.1) is 10.9 Å². The second kappa shape index (κ2) is 7.79. The first-order valence-electron chi connectivity index (χ1n) is 7.10. The van der Waals surface area contributed by atoms with Crippen LogP contribution in [-0.4, -0.2) is 29.3 Å². The van der Waals surface area contributed by atoms with Crippen LogP contribution in [0.5, 0.6) is 0 Å². The SMILES string of the molecule is C=CCN(Cc1ccc(Cl)s1)C(=O)C(C)NC(=O)C(C)(C)C. The molecule has 0 saturated carbocycles. The molecule has 1 aromatic heterocycles. The lowest BCUT2D eigenvalue weighted by molar-refractivity contribution is -0.138. The smallest absolute Gasteiger partial charge is 0.245 e. The molecule has 22 heavy (non-hydrogen) atoms. The van der Waals surface area contributed by atoms with E-state index >= 15 is 0 Å². The van der Waals surface area contributed by atoms with Gasteiger partial charge in [-0.1, -0.05) is 38.4 Å². The third-order valence-electron chi connectivity index (χ3n) is 3.04. The van der Waals surface area contributed by atoms with Gasteiger partial charge in [0, 0.05) is 16.8 Å². The average molecular weight is 343 g/mol. The molecule has 1 aromatic rings. The van der Waals surface area contributed by atoms with Crippen molar-refractivity contribution in [2.75, 3.05) is 6.54 Å². The Balaban J connectivity index is 2.75. The van der Waals surface area contributed by atoms with Crippen molar-refractivity contribution in [3.05, 3.63) is 34.0 Å². The van der Waals surface area contributed by atoms with E-state index in [1.54, 1.807) is 17.9 Å². The summed E-state index contributed by atoms with van der Waals surface area (Å²) < 4.78 is 0.690.